The molecule has 2 amide bonds. The maximum absolute atomic E-state index is 15.4. The maximum Gasteiger partial charge on any atom is 0.317 e. The first kappa shape index (κ1) is 23.5. The largest absolute Gasteiger partial charge is 0.453 e. The molecule has 4 N–H and O–H groups in total. The number of halogens is 2. The van der Waals surface area contributed by atoms with Crippen molar-refractivity contribution in [1.82, 2.24) is 20.2 Å². The predicted molar refractivity (Wildman–Crippen MR) is 124 cm³/mol. The summed E-state index contributed by atoms with van der Waals surface area (Å²) in [5.74, 6) is -1.74. The van der Waals surface area contributed by atoms with Crippen LogP contribution in [0.1, 0.15) is 18.9 Å². The summed E-state index contributed by atoms with van der Waals surface area (Å²) in [5.41, 5.74) is 5.90. The second kappa shape index (κ2) is 8.78. The molecule has 35 heavy (non-hydrogen) atoms. The van der Waals surface area contributed by atoms with Gasteiger partial charge >= 0.3 is 6.03 Å². The highest BCUT2D eigenvalue weighted by Gasteiger charge is 2.77. The number of anilines is 2. The van der Waals surface area contributed by atoms with Crippen molar-refractivity contribution >= 4 is 29.1 Å². The van der Waals surface area contributed by atoms with Crippen LogP contribution in [0, 0.1) is 34.4 Å². The van der Waals surface area contributed by atoms with Crippen molar-refractivity contribution in [3.05, 3.63) is 40.9 Å². The number of likely N-dealkylation sites (tertiary alicyclic amines) is 1. The summed E-state index contributed by atoms with van der Waals surface area (Å²) < 4.78 is 27.2. The van der Waals surface area contributed by atoms with Crippen LogP contribution < -0.4 is 21.1 Å². The Morgan fingerprint density at radius 2 is 2.29 bits per heavy atom. The van der Waals surface area contributed by atoms with E-state index in [-0.39, 0.29) is 40.0 Å². The summed E-state index contributed by atoms with van der Waals surface area (Å²) in [6.07, 6.45) is 2.00. The maximum atomic E-state index is 15.4. The molecule has 1 aliphatic carbocycles. The highest BCUT2D eigenvalue weighted by Crippen LogP contribution is 2.64. The minimum atomic E-state index is -1.26. The molecule has 1 saturated carbocycles. The van der Waals surface area contributed by atoms with Gasteiger partial charge in [0.1, 0.15) is 6.33 Å². The van der Waals surface area contributed by atoms with Crippen LogP contribution in [0.3, 0.4) is 0 Å². The highest BCUT2D eigenvalue weighted by atomic mass is 35.5. The lowest BCUT2D eigenvalue weighted by molar-refractivity contribution is -0.189. The van der Waals surface area contributed by atoms with Crippen molar-refractivity contribution in [2.45, 2.75) is 19.1 Å². The third-order valence-electron chi connectivity index (χ3n) is 7.22. The van der Waals surface area contributed by atoms with Crippen LogP contribution in [0.15, 0.2) is 24.5 Å². The van der Waals surface area contributed by atoms with Gasteiger partial charge in [-0.2, -0.15) is 14.6 Å². The number of nitriles is 1. The smallest absolute Gasteiger partial charge is 0.317 e. The Morgan fingerprint density at radius 1 is 1.46 bits per heavy atom. The van der Waals surface area contributed by atoms with Crippen LogP contribution in [-0.4, -0.2) is 59.5 Å². The van der Waals surface area contributed by atoms with E-state index in [1.165, 1.54) is 6.07 Å². The summed E-state index contributed by atoms with van der Waals surface area (Å²) in [6.45, 7) is 4.29. The summed E-state index contributed by atoms with van der Waals surface area (Å²) in [7, 11) is 0. The van der Waals surface area contributed by atoms with Crippen molar-refractivity contribution in [3.8, 4) is 11.9 Å². The first-order valence-corrected chi connectivity index (χ1v) is 11.8. The van der Waals surface area contributed by atoms with E-state index >= 15 is 4.39 Å². The van der Waals surface area contributed by atoms with Crippen molar-refractivity contribution in [2.75, 3.05) is 38.2 Å². The van der Waals surface area contributed by atoms with E-state index in [1.807, 2.05) is 13.0 Å². The molecule has 0 bridgehead atoms. The van der Waals surface area contributed by atoms with Gasteiger partial charge in [-0.05, 0) is 24.6 Å². The van der Waals surface area contributed by atoms with Crippen LogP contribution >= 0.6 is 11.6 Å². The number of aromatic nitrogens is 2. The number of benzene rings is 1. The van der Waals surface area contributed by atoms with E-state index in [2.05, 4.69) is 20.6 Å². The van der Waals surface area contributed by atoms with Crippen LogP contribution in [0.4, 0.5) is 20.7 Å². The molecule has 1 aromatic heterocycles. The molecule has 1 spiro atoms. The van der Waals surface area contributed by atoms with Crippen molar-refractivity contribution in [2.24, 2.45) is 23.0 Å². The van der Waals surface area contributed by atoms with E-state index in [0.29, 0.717) is 44.1 Å². The molecule has 10 nitrogen and oxygen atoms in total. The Labute approximate surface area is 206 Å². The average molecular weight is 502 g/mol. The molecule has 2 saturated heterocycles. The molecule has 3 fully saturated rings. The molecule has 3 aliphatic rings. The van der Waals surface area contributed by atoms with Crippen LogP contribution in [-0.2, 0) is 4.74 Å². The first-order chi connectivity index (χ1) is 16.8. The molecule has 184 valence electrons. The van der Waals surface area contributed by atoms with E-state index in [1.54, 1.807) is 17.0 Å². The SMILES string of the molecule is CCCNC(=O)N1CC2C3(COCC3C2(N)Oc2ncnc(Nc3ccc(C#N)cc3Cl)c2F)C1. The zero-order chi connectivity index (χ0) is 24.8. The molecular formula is C23H25ClFN7O3. The number of nitrogens with two attached hydrogens (primary N) is 1. The number of ether oxygens (including phenoxy) is 2. The number of nitrogens with one attached hydrogen (secondary N) is 2. The number of hydrogen-bond acceptors (Lipinski definition) is 8. The first-order valence-electron chi connectivity index (χ1n) is 11.4. The van der Waals surface area contributed by atoms with Crippen LogP contribution in [0.2, 0.25) is 5.02 Å². The fraction of sp³-hybridized carbons (Fsp3) is 0.478. The van der Waals surface area contributed by atoms with Crippen molar-refractivity contribution in [1.29, 1.82) is 5.26 Å². The lowest BCUT2D eigenvalue weighted by Gasteiger charge is -2.58. The van der Waals surface area contributed by atoms with E-state index in [4.69, 9.17) is 32.1 Å². The minimum absolute atomic E-state index is 0.148. The summed E-state index contributed by atoms with van der Waals surface area (Å²) >= 11 is 6.20. The molecule has 1 aromatic carbocycles. The molecule has 0 radical (unpaired) electrons. The van der Waals surface area contributed by atoms with Gasteiger partial charge in [-0.3, -0.25) is 5.73 Å². The Hall–Kier alpha value is -3.20. The number of urea groups is 1. The Bertz CT molecular complexity index is 1210. The summed E-state index contributed by atoms with van der Waals surface area (Å²) in [5, 5.41) is 14.9. The van der Waals surface area contributed by atoms with Crippen LogP contribution in [0.5, 0.6) is 5.88 Å². The van der Waals surface area contributed by atoms with Gasteiger partial charge in [0, 0.05) is 36.9 Å². The van der Waals surface area contributed by atoms with Crippen molar-refractivity contribution in [3.63, 3.8) is 0 Å². The van der Waals surface area contributed by atoms with Gasteiger partial charge in [0.25, 0.3) is 5.88 Å². The summed E-state index contributed by atoms with van der Waals surface area (Å²) in [6, 6.07) is 6.41. The van der Waals surface area contributed by atoms with Gasteiger partial charge < -0.3 is 25.0 Å². The zero-order valence-corrected chi connectivity index (χ0v) is 19.8. The minimum Gasteiger partial charge on any atom is -0.453 e. The van der Waals surface area contributed by atoms with E-state index in [9.17, 15) is 4.79 Å². The van der Waals surface area contributed by atoms with Gasteiger partial charge in [0.05, 0.1) is 35.6 Å². The molecule has 4 unspecified atom stereocenters. The third kappa shape index (κ3) is 3.73. The van der Waals surface area contributed by atoms with Gasteiger partial charge in [-0.15, -0.1) is 0 Å². The highest BCUT2D eigenvalue weighted by molar-refractivity contribution is 6.33. The predicted octanol–water partition coefficient (Wildman–Crippen LogP) is 2.62. The number of nitrogens with zero attached hydrogens (tertiary/aromatic N) is 4. The molecule has 3 heterocycles. The van der Waals surface area contributed by atoms with Gasteiger partial charge in [-0.1, -0.05) is 18.5 Å². The lowest BCUT2D eigenvalue weighted by atomic mass is 9.50. The second-order valence-corrected chi connectivity index (χ2v) is 9.60. The average Bonchev–Trinajstić information content (AvgIpc) is 3.42. The van der Waals surface area contributed by atoms with Crippen molar-refractivity contribution < 1.29 is 18.7 Å². The normalized spacial score (nSPS) is 28.5. The summed E-state index contributed by atoms with van der Waals surface area (Å²) in [4.78, 5) is 22.3. The Balaban J connectivity index is 1.37. The second-order valence-electron chi connectivity index (χ2n) is 9.19. The number of carbonyl (C=O) groups excluding carboxylic acids is 1. The molecule has 12 heteroatoms. The Kier molecular flexibility index (Phi) is 5.91. The molecular weight excluding hydrogens is 477 g/mol. The lowest BCUT2D eigenvalue weighted by Crippen LogP contribution is -2.76. The molecule has 2 aromatic rings. The molecule has 2 aliphatic heterocycles. The number of carbonyl (C=O) groups is 1. The zero-order valence-electron chi connectivity index (χ0n) is 19.1. The number of hydrogen-bond donors (Lipinski definition) is 3. The number of rotatable bonds is 6. The quantitative estimate of drug-likeness (QED) is 0.513. The van der Waals surface area contributed by atoms with Gasteiger partial charge in [0.15, 0.2) is 11.5 Å². The fourth-order valence-corrected chi connectivity index (χ4v) is 5.74. The third-order valence-corrected chi connectivity index (χ3v) is 7.53. The van der Waals surface area contributed by atoms with Gasteiger partial charge in [-0.25, -0.2) is 9.78 Å². The Morgan fingerprint density at radius 3 is 3.03 bits per heavy atom. The standard InChI is InChI=1S/C23H25ClFN7O3/c1-2-5-28-21(33)32-8-16-22(10-32)11-34-9-17(22)23(16,27)35-20-18(25)19(29-12-30-20)31-15-4-3-13(7-26)6-14(15)24/h3-4,6,12,16-17H,2,5,8-11,27H2,1H3,(H,28,33)(H,29,30,31). The topological polar surface area (TPSA) is 138 Å². The fourth-order valence-electron chi connectivity index (χ4n) is 5.52. The van der Waals surface area contributed by atoms with Gasteiger partial charge in [0.2, 0.25) is 5.82 Å². The van der Waals surface area contributed by atoms with Crippen LogP contribution in [0.25, 0.3) is 0 Å². The molecule has 5 rings (SSSR count). The van der Waals surface area contributed by atoms with E-state index in [0.717, 1.165) is 12.7 Å². The monoisotopic (exact) mass is 501 g/mol. The van der Waals surface area contributed by atoms with E-state index < -0.39 is 11.5 Å². The molecule has 4 atom stereocenters. The number of amides is 2.